The molecule has 0 saturated carbocycles. The number of rotatable bonds is 2. The number of likely N-dealkylation sites (tertiary alicyclic amines) is 1. The second kappa shape index (κ2) is 4.94. The Hall–Kier alpha value is -0.610. The molecule has 0 aromatic heterocycles. The number of hydrogen-bond acceptors (Lipinski definition) is 3. The van der Waals surface area contributed by atoms with E-state index in [0.29, 0.717) is 12.5 Å². The van der Waals surface area contributed by atoms with Crippen molar-refractivity contribution in [1.29, 1.82) is 0 Å². The van der Waals surface area contributed by atoms with Crippen molar-refractivity contribution >= 4 is 5.91 Å². The van der Waals surface area contributed by atoms with Crippen LogP contribution in [0.25, 0.3) is 0 Å². The van der Waals surface area contributed by atoms with Crippen molar-refractivity contribution in [3.63, 3.8) is 0 Å². The van der Waals surface area contributed by atoms with Crippen molar-refractivity contribution in [3.8, 4) is 0 Å². The van der Waals surface area contributed by atoms with Gasteiger partial charge in [-0.15, -0.1) is 0 Å². The highest BCUT2D eigenvalue weighted by molar-refractivity contribution is 5.81. The minimum Gasteiger partial charge on any atom is -0.368 e. The van der Waals surface area contributed by atoms with Crippen LogP contribution in [0.5, 0.6) is 0 Å². The minimum absolute atomic E-state index is 0.171. The highest BCUT2D eigenvalue weighted by atomic mass is 16.5. The molecule has 4 nitrogen and oxygen atoms in total. The first-order chi connectivity index (χ1) is 7.31. The number of carbonyl (C=O) groups is 1. The predicted molar refractivity (Wildman–Crippen MR) is 57.3 cm³/mol. The number of carbonyl (C=O) groups excluding carboxylic acids is 1. The molecule has 2 rings (SSSR count). The summed E-state index contributed by atoms with van der Waals surface area (Å²) in [6, 6.07) is 0. The van der Waals surface area contributed by atoms with Gasteiger partial charge in [-0.25, -0.2) is 0 Å². The molecule has 2 saturated heterocycles. The third kappa shape index (κ3) is 2.49. The molecule has 2 N–H and O–H groups in total. The molecule has 2 aliphatic rings. The van der Waals surface area contributed by atoms with Gasteiger partial charge in [0.2, 0.25) is 0 Å². The van der Waals surface area contributed by atoms with Gasteiger partial charge in [0.15, 0.2) is 0 Å². The summed E-state index contributed by atoms with van der Waals surface area (Å²) in [6.07, 6.45) is 3.98. The average Bonchev–Trinajstić information content (AvgIpc) is 2.78. The van der Waals surface area contributed by atoms with E-state index in [1.807, 2.05) is 4.90 Å². The Morgan fingerprint density at radius 3 is 2.87 bits per heavy atom. The van der Waals surface area contributed by atoms with E-state index in [9.17, 15) is 4.79 Å². The molecular formula is C11H20N2O2. The number of ether oxygens (including phenoxy) is 1. The Labute approximate surface area is 90.8 Å². The first-order valence-corrected chi connectivity index (χ1v) is 5.91. The normalized spacial score (nSPS) is 31.9. The zero-order chi connectivity index (χ0) is 10.7. The largest absolute Gasteiger partial charge is 0.368 e. The molecule has 0 aromatic carbocycles. The van der Waals surface area contributed by atoms with Gasteiger partial charge in [0, 0.05) is 19.7 Å². The molecule has 15 heavy (non-hydrogen) atoms. The van der Waals surface area contributed by atoms with Crippen LogP contribution in [-0.2, 0) is 9.53 Å². The second-order valence-corrected chi connectivity index (χ2v) is 4.53. The van der Waals surface area contributed by atoms with E-state index in [0.717, 1.165) is 45.4 Å². The van der Waals surface area contributed by atoms with E-state index in [-0.39, 0.29) is 12.0 Å². The van der Waals surface area contributed by atoms with Crippen LogP contribution in [0.2, 0.25) is 0 Å². The Morgan fingerprint density at radius 1 is 1.40 bits per heavy atom. The van der Waals surface area contributed by atoms with Crippen molar-refractivity contribution in [3.05, 3.63) is 0 Å². The fourth-order valence-electron chi connectivity index (χ4n) is 2.36. The molecule has 2 unspecified atom stereocenters. The van der Waals surface area contributed by atoms with Crippen LogP contribution in [0.15, 0.2) is 0 Å². The summed E-state index contributed by atoms with van der Waals surface area (Å²) in [5.41, 5.74) is 5.61. The smallest absolute Gasteiger partial charge is 0.251 e. The topological polar surface area (TPSA) is 55.6 Å². The van der Waals surface area contributed by atoms with E-state index >= 15 is 0 Å². The van der Waals surface area contributed by atoms with Gasteiger partial charge < -0.3 is 15.4 Å². The molecule has 0 spiro atoms. The lowest BCUT2D eigenvalue weighted by Gasteiger charge is -2.26. The molecule has 2 heterocycles. The summed E-state index contributed by atoms with van der Waals surface area (Å²) < 4.78 is 5.50. The first-order valence-electron chi connectivity index (χ1n) is 5.91. The molecule has 0 aliphatic carbocycles. The Kier molecular flexibility index (Phi) is 3.59. The molecule has 0 bridgehead atoms. The number of nitrogens with two attached hydrogens (primary N) is 1. The van der Waals surface area contributed by atoms with Gasteiger partial charge in [0.25, 0.3) is 5.91 Å². The lowest BCUT2D eigenvalue weighted by molar-refractivity contribution is -0.145. The minimum atomic E-state index is -0.171. The average molecular weight is 212 g/mol. The van der Waals surface area contributed by atoms with E-state index in [2.05, 4.69) is 0 Å². The quantitative estimate of drug-likeness (QED) is 0.719. The van der Waals surface area contributed by atoms with Gasteiger partial charge in [0.1, 0.15) is 6.10 Å². The van der Waals surface area contributed by atoms with Gasteiger partial charge in [0.05, 0.1) is 0 Å². The van der Waals surface area contributed by atoms with Crippen molar-refractivity contribution in [2.45, 2.75) is 31.8 Å². The zero-order valence-electron chi connectivity index (χ0n) is 9.15. The van der Waals surface area contributed by atoms with Crippen LogP contribution in [0.3, 0.4) is 0 Å². The SMILES string of the molecule is NCC1CCN(C(=O)C2CCCCO2)C1. The third-order valence-electron chi connectivity index (χ3n) is 3.39. The number of amides is 1. The molecule has 86 valence electrons. The molecule has 1 amide bonds. The molecule has 0 radical (unpaired) electrons. The van der Waals surface area contributed by atoms with Gasteiger partial charge >= 0.3 is 0 Å². The van der Waals surface area contributed by atoms with Crippen molar-refractivity contribution in [1.82, 2.24) is 4.90 Å². The standard InChI is InChI=1S/C11H20N2O2/c12-7-9-4-5-13(8-9)11(14)10-3-1-2-6-15-10/h9-10H,1-8,12H2. The van der Waals surface area contributed by atoms with Crippen molar-refractivity contribution in [2.75, 3.05) is 26.2 Å². The number of nitrogens with zero attached hydrogens (tertiary/aromatic N) is 1. The van der Waals surface area contributed by atoms with E-state index in [1.165, 1.54) is 0 Å². The lowest BCUT2D eigenvalue weighted by atomic mass is 10.1. The Balaban J connectivity index is 1.85. The lowest BCUT2D eigenvalue weighted by Crippen LogP contribution is -2.41. The highest BCUT2D eigenvalue weighted by Gasteiger charge is 2.31. The molecule has 0 aromatic rings. The third-order valence-corrected chi connectivity index (χ3v) is 3.39. The summed E-state index contributed by atoms with van der Waals surface area (Å²) in [5.74, 6) is 0.684. The van der Waals surface area contributed by atoms with Crippen LogP contribution in [-0.4, -0.2) is 43.2 Å². The fourth-order valence-corrected chi connectivity index (χ4v) is 2.36. The zero-order valence-corrected chi connectivity index (χ0v) is 9.15. The van der Waals surface area contributed by atoms with Crippen LogP contribution < -0.4 is 5.73 Å². The predicted octanol–water partition coefficient (Wildman–Crippen LogP) is 0.363. The first kappa shape index (κ1) is 10.9. The van der Waals surface area contributed by atoms with Crippen LogP contribution in [0.1, 0.15) is 25.7 Å². The van der Waals surface area contributed by atoms with E-state index in [1.54, 1.807) is 0 Å². The molecule has 2 fully saturated rings. The Morgan fingerprint density at radius 2 is 2.27 bits per heavy atom. The van der Waals surface area contributed by atoms with Gasteiger partial charge in [-0.1, -0.05) is 0 Å². The summed E-state index contributed by atoms with van der Waals surface area (Å²) >= 11 is 0. The summed E-state index contributed by atoms with van der Waals surface area (Å²) in [7, 11) is 0. The van der Waals surface area contributed by atoms with Crippen molar-refractivity contribution < 1.29 is 9.53 Å². The van der Waals surface area contributed by atoms with Crippen LogP contribution in [0.4, 0.5) is 0 Å². The van der Waals surface area contributed by atoms with Gasteiger partial charge in [-0.2, -0.15) is 0 Å². The maximum absolute atomic E-state index is 12.0. The molecule has 2 aliphatic heterocycles. The molecule has 2 atom stereocenters. The monoisotopic (exact) mass is 212 g/mol. The maximum atomic E-state index is 12.0. The maximum Gasteiger partial charge on any atom is 0.251 e. The second-order valence-electron chi connectivity index (χ2n) is 4.53. The molecule has 4 heteroatoms. The van der Waals surface area contributed by atoms with Gasteiger partial charge in [-0.3, -0.25) is 4.79 Å². The number of hydrogen-bond donors (Lipinski definition) is 1. The van der Waals surface area contributed by atoms with Crippen LogP contribution in [0, 0.1) is 5.92 Å². The fraction of sp³-hybridized carbons (Fsp3) is 0.909. The van der Waals surface area contributed by atoms with E-state index < -0.39 is 0 Å². The van der Waals surface area contributed by atoms with E-state index in [4.69, 9.17) is 10.5 Å². The summed E-state index contributed by atoms with van der Waals surface area (Å²) in [5, 5.41) is 0. The van der Waals surface area contributed by atoms with Crippen LogP contribution >= 0.6 is 0 Å². The summed E-state index contributed by atoms with van der Waals surface area (Å²) in [6.45, 7) is 3.12. The highest BCUT2D eigenvalue weighted by Crippen LogP contribution is 2.20. The Bertz CT molecular complexity index is 227. The van der Waals surface area contributed by atoms with Gasteiger partial charge in [-0.05, 0) is 38.1 Å². The summed E-state index contributed by atoms with van der Waals surface area (Å²) in [4.78, 5) is 13.9. The molecular weight excluding hydrogens is 192 g/mol. The van der Waals surface area contributed by atoms with Crippen molar-refractivity contribution in [2.24, 2.45) is 11.7 Å².